The molecule has 0 bridgehead atoms. The van der Waals surface area contributed by atoms with E-state index in [9.17, 15) is 9.90 Å². The molecule has 2 N–H and O–H groups in total. The lowest BCUT2D eigenvalue weighted by Gasteiger charge is -2.06. The topological polar surface area (TPSA) is 66.8 Å². The summed E-state index contributed by atoms with van der Waals surface area (Å²) in [6, 6.07) is 10.5. The summed E-state index contributed by atoms with van der Waals surface area (Å²) in [5, 5.41) is 18.5. The average molecular weight is 256 g/mol. The first-order chi connectivity index (χ1) is 9.15. The van der Waals surface area contributed by atoms with Crippen LogP contribution in [0.1, 0.15) is 21.5 Å². The van der Waals surface area contributed by atoms with Gasteiger partial charge in [0.05, 0.1) is 13.2 Å². The Balaban J connectivity index is 2.07. The Morgan fingerprint density at radius 2 is 1.68 bits per heavy atom. The van der Waals surface area contributed by atoms with E-state index in [-0.39, 0.29) is 11.3 Å². The van der Waals surface area contributed by atoms with Crippen molar-refractivity contribution in [1.82, 2.24) is 0 Å². The summed E-state index contributed by atoms with van der Waals surface area (Å²) in [4.78, 5) is 11.0. The summed E-state index contributed by atoms with van der Waals surface area (Å²) in [7, 11) is 0. The van der Waals surface area contributed by atoms with Crippen molar-refractivity contribution < 1.29 is 19.7 Å². The van der Waals surface area contributed by atoms with Crippen LogP contribution in [-0.2, 0) is 18.0 Å². The van der Waals surface area contributed by atoms with E-state index in [1.807, 2.05) is 18.2 Å². The van der Waals surface area contributed by atoms with Crippen molar-refractivity contribution in [3.8, 4) is 16.9 Å². The third-order valence-corrected chi connectivity index (χ3v) is 3.28. The number of ether oxygens (including phenoxy) is 1. The van der Waals surface area contributed by atoms with Gasteiger partial charge < -0.3 is 14.9 Å². The fraction of sp³-hybridized carbons (Fsp3) is 0.133. The number of fused-ring (bicyclic) bond motifs is 1. The zero-order chi connectivity index (χ0) is 13.4. The van der Waals surface area contributed by atoms with Gasteiger partial charge in [-0.3, -0.25) is 0 Å². The molecule has 0 fully saturated rings. The summed E-state index contributed by atoms with van der Waals surface area (Å²) >= 11 is 0. The van der Waals surface area contributed by atoms with Crippen LogP contribution < -0.4 is 0 Å². The summed E-state index contributed by atoms with van der Waals surface area (Å²) in [5.74, 6) is -1.36. The van der Waals surface area contributed by atoms with Gasteiger partial charge in [-0.1, -0.05) is 18.2 Å². The van der Waals surface area contributed by atoms with Crippen LogP contribution in [-0.4, -0.2) is 16.2 Å². The number of hydrogen-bond acceptors (Lipinski definition) is 3. The number of hydrogen-bond donors (Lipinski definition) is 2. The number of carboxylic acid groups (broad SMARTS) is 1. The predicted octanol–water partition coefficient (Wildman–Crippen LogP) is 2.79. The van der Waals surface area contributed by atoms with Gasteiger partial charge in [0, 0.05) is 0 Å². The molecule has 96 valence electrons. The Kier molecular flexibility index (Phi) is 2.72. The van der Waals surface area contributed by atoms with Crippen molar-refractivity contribution in [2.45, 2.75) is 13.2 Å². The van der Waals surface area contributed by atoms with E-state index in [0.717, 1.165) is 16.7 Å². The molecular formula is C15H12O4. The maximum atomic E-state index is 11.0. The first-order valence-electron chi connectivity index (χ1n) is 5.91. The molecule has 2 aromatic rings. The van der Waals surface area contributed by atoms with Gasteiger partial charge in [0.25, 0.3) is 0 Å². The van der Waals surface area contributed by atoms with Gasteiger partial charge >= 0.3 is 5.97 Å². The second-order valence-corrected chi connectivity index (χ2v) is 4.51. The molecular weight excluding hydrogens is 244 g/mol. The standard InChI is InChI=1S/C15H12O4/c16-14-4-3-10(6-13(14)15(17)18)9-1-2-11-7-19-8-12(11)5-9/h1-6,16H,7-8H2,(H,17,18). The Hall–Kier alpha value is -2.33. The van der Waals surface area contributed by atoms with Crippen LogP contribution in [0.2, 0.25) is 0 Å². The van der Waals surface area contributed by atoms with Crippen LogP contribution in [0.5, 0.6) is 5.75 Å². The molecule has 0 aliphatic carbocycles. The highest BCUT2D eigenvalue weighted by Crippen LogP contribution is 2.29. The summed E-state index contributed by atoms with van der Waals surface area (Å²) in [6.45, 7) is 1.22. The second-order valence-electron chi connectivity index (χ2n) is 4.51. The number of rotatable bonds is 2. The summed E-state index contributed by atoms with van der Waals surface area (Å²) in [6.07, 6.45) is 0. The zero-order valence-electron chi connectivity index (χ0n) is 10.1. The lowest BCUT2D eigenvalue weighted by atomic mass is 9.99. The molecule has 0 atom stereocenters. The molecule has 0 aromatic heterocycles. The van der Waals surface area contributed by atoms with Crippen LogP contribution in [0.15, 0.2) is 36.4 Å². The highest BCUT2D eigenvalue weighted by Gasteiger charge is 2.14. The van der Waals surface area contributed by atoms with Crippen LogP contribution in [0.4, 0.5) is 0 Å². The monoisotopic (exact) mass is 256 g/mol. The minimum atomic E-state index is -1.14. The molecule has 4 heteroatoms. The normalized spacial score (nSPS) is 13.3. The van der Waals surface area contributed by atoms with E-state index in [2.05, 4.69) is 0 Å². The molecule has 0 radical (unpaired) electrons. The molecule has 1 aliphatic rings. The number of carbonyl (C=O) groups is 1. The van der Waals surface area contributed by atoms with E-state index in [0.29, 0.717) is 13.2 Å². The van der Waals surface area contributed by atoms with Crippen molar-refractivity contribution in [1.29, 1.82) is 0 Å². The number of aromatic hydroxyl groups is 1. The molecule has 4 nitrogen and oxygen atoms in total. The van der Waals surface area contributed by atoms with Gasteiger partial charge in [-0.2, -0.15) is 0 Å². The molecule has 1 aliphatic heterocycles. The van der Waals surface area contributed by atoms with Gasteiger partial charge in [0.2, 0.25) is 0 Å². The van der Waals surface area contributed by atoms with Crippen LogP contribution in [0, 0.1) is 0 Å². The van der Waals surface area contributed by atoms with Crippen molar-refractivity contribution >= 4 is 5.97 Å². The predicted molar refractivity (Wildman–Crippen MR) is 69.0 cm³/mol. The third-order valence-electron chi connectivity index (χ3n) is 3.28. The number of benzene rings is 2. The van der Waals surface area contributed by atoms with E-state index in [4.69, 9.17) is 9.84 Å². The number of carboxylic acids is 1. The van der Waals surface area contributed by atoms with Crippen LogP contribution >= 0.6 is 0 Å². The fourth-order valence-electron chi connectivity index (χ4n) is 2.24. The van der Waals surface area contributed by atoms with Crippen molar-refractivity contribution in [2.24, 2.45) is 0 Å². The fourth-order valence-corrected chi connectivity index (χ4v) is 2.24. The Bertz CT molecular complexity index is 661. The minimum Gasteiger partial charge on any atom is -0.507 e. The summed E-state index contributed by atoms with van der Waals surface area (Å²) in [5.41, 5.74) is 3.90. The smallest absolute Gasteiger partial charge is 0.339 e. The Morgan fingerprint density at radius 1 is 1.00 bits per heavy atom. The SMILES string of the molecule is O=C(O)c1cc(-c2ccc3c(c2)COC3)ccc1O. The van der Waals surface area contributed by atoms with Crippen LogP contribution in [0.3, 0.4) is 0 Å². The summed E-state index contributed by atoms with van der Waals surface area (Å²) < 4.78 is 5.35. The lowest BCUT2D eigenvalue weighted by molar-refractivity contribution is 0.0694. The molecule has 0 saturated heterocycles. The van der Waals surface area contributed by atoms with Crippen molar-refractivity contribution in [2.75, 3.05) is 0 Å². The molecule has 19 heavy (non-hydrogen) atoms. The van der Waals surface area contributed by atoms with Gasteiger partial charge in [-0.05, 0) is 40.5 Å². The van der Waals surface area contributed by atoms with E-state index < -0.39 is 5.97 Å². The molecule has 1 heterocycles. The van der Waals surface area contributed by atoms with Gasteiger partial charge in [0.15, 0.2) is 0 Å². The van der Waals surface area contributed by atoms with Gasteiger partial charge in [-0.15, -0.1) is 0 Å². The average Bonchev–Trinajstić information content (AvgIpc) is 2.86. The van der Waals surface area contributed by atoms with Gasteiger partial charge in [-0.25, -0.2) is 4.79 Å². The van der Waals surface area contributed by atoms with Crippen LogP contribution in [0.25, 0.3) is 11.1 Å². The minimum absolute atomic E-state index is 0.0887. The molecule has 3 rings (SSSR count). The molecule has 0 amide bonds. The molecule has 0 spiro atoms. The van der Waals surface area contributed by atoms with E-state index >= 15 is 0 Å². The second kappa shape index (κ2) is 4.40. The molecule has 2 aromatic carbocycles. The maximum absolute atomic E-state index is 11.0. The first kappa shape index (κ1) is 11.7. The largest absolute Gasteiger partial charge is 0.507 e. The number of phenols is 1. The molecule has 0 saturated carbocycles. The quantitative estimate of drug-likeness (QED) is 0.867. The van der Waals surface area contributed by atoms with E-state index in [1.54, 1.807) is 6.07 Å². The third kappa shape index (κ3) is 2.06. The van der Waals surface area contributed by atoms with Crippen molar-refractivity contribution in [3.05, 3.63) is 53.1 Å². The van der Waals surface area contributed by atoms with Gasteiger partial charge in [0.1, 0.15) is 11.3 Å². The Labute approximate surface area is 109 Å². The maximum Gasteiger partial charge on any atom is 0.339 e. The molecule has 0 unspecified atom stereocenters. The zero-order valence-corrected chi connectivity index (χ0v) is 10.1. The van der Waals surface area contributed by atoms with Crippen molar-refractivity contribution in [3.63, 3.8) is 0 Å². The number of aromatic carboxylic acids is 1. The van der Waals surface area contributed by atoms with E-state index in [1.165, 1.54) is 17.7 Å². The first-order valence-corrected chi connectivity index (χ1v) is 5.91. The highest BCUT2D eigenvalue weighted by atomic mass is 16.5. The lowest BCUT2D eigenvalue weighted by Crippen LogP contribution is -1.97. The highest BCUT2D eigenvalue weighted by molar-refractivity contribution is 5.92. The Morgan fingerprint density at radius 3 is 2.47 bits per heavy atom.